The highest BCUT2D eigenvalue weighted by Crippen LogP contribution is 2.17. The highest BCUT2D eigenvalue weighted by atomic mass is 16.5. The fourth-order valence-electron chi connectivity index (χ4n) is 1.73. The molecule has 94 valence electrons. The molecule has 2 atom stereocenters. The van der Waals surface area contributed by atoms with Crippen LogP contribution in [0.25, 0.3) is 0 Å². The van der Waals surface area contributed by atoms with Gasteiger partial charge in [-0.3, -0.25) is 4.79 Å². The fourth-order valence-corrected chi connectivity index (χ4v) is 1.73. The molecule has 0 saturated carbocycles. The van der Waals surface area contributed by atoms with E-state index in [2.05, 4.69) is 5.32 Å². The highest BCUT2D eigenvalue weighted by molar-refractivity contribution is 5.76. The monoisotopic (exact) mass is 230 g/mol. The third kappa shape index (κ3) is 4.08. The van der Waals surface area contributed by atoms with Crippen LogP contribution in [0.4, 0.5) is 0 Å². The molecule has 5 nitrogen and oxygen atoms in total. The molecule has 0 spiro atoms. The Morgan fingerprint density at radius 1 is 1.69 bits per heavy atom. The summed E-state index contributed by atoms with van der Waals surface area (Å²) in [6, 6.07) is 0. The Morgan fingerprint density at radius 2 is 2.44 bits per heavy atom. The van der Waals surface area contributed by atoms with E-state index in [-0.39, 0.29) is 18.4 Å². The third-order valence-corrected chi connectivity index (χ3v) is 3.08. The summed E-state index contributed by atoms with van der Waals surface area (Å²) in [7, 11) is 0. The van der Waals surface area contributed by atoms with Crippen molar-refractivity contribution in [2.24, 2.45) is 11.7 Å². The maximum atomic E-state index is 11.6. The molecule has 0 aliphatic carbocycles. The number of aliphatic hydroxyl groups is 1. The number of amides is 1. The second-order valence-corrected chi connectivity index (χ2v) is 4.52. The lowest BCUT2D eigenvalue weighted by Gasteiger charge is -2.21. The summed E-state index contributed by atoms with van der Waals surface area (Å²) in [4.78, 5) is 11.6. The molecule has 1 aliphatic heterocycles. The molecule has 1 aliphatic rings. The summed E-state index contributed by atoms with van der Waals surface area (Å²) in [5.41, 5.74) is 4.65. The molecule has 1 amide bonds. The summed E-state index contributed by atoms with van der Waals surface area (Å²) in [6.45, 7) is 3.68. The summed E-state index contributed by atoms with van der Waals surface area (Å²) >= 11 is 0. The van der Waals surface area contributed by atoms with E-state index in [1.807, 2.05) is 6.92 Å². The Balaban J connectivity index is 2.24. The van der Waals surface area contributed by atoms with Gasteiger partial charge in [-0.15, -0.1) is 0 Å². The van der Waals surface area contributed by atoms with Crippen molar-refractivity contribution in [1.29, 1.82) is 0 Å². The topological polar surface area (TPSA) is 84.6 Å². The van der Waals surface area contributed by atoms with E-state index in [0.717, 1.165) is 6.42 Å². The molecule has 16 heavy (non-hydrogen) atoms. The van der Waals surface area contributed by atoms with Gasteiger partial charge in [0.15, 0.2) is 0 Å². The quantitative estimate of drug-likeness (QED) is 0.581. The van der Waals surface area contributed by atoms with E-state index in [4.69, 9.17) is 10.5 Å². The van der Waals surface area contributed by atoms with E-state index in [9.17, 15) is 9.90 Å². The molecule has 1 heterocycles. The van der Waals surface area contributed by atoms with Crippen LogP contribution in [-0.2, 0) is 9.53 Å². The van der Waals surface area contributed by atoms with Gasteiger partial charge in [0.1, 0.15) is 5.60 Å². The molecule has 1 saturated heterocycles. The van der Waals surface area contributed by atoms with Crippen molar-refractivity contribution in [3.05, 3.63) is 0 Å². The zero-order valence-electron chi connectivity index (χ0n) is 9.87. The molecule has 0 radical (unpaired) electrons. The normalized spacial score (nSPS) is 26.7. The van der Waals surface area contributed by atoms with Crippen LogP contribution in [0, 0.1) is 5.92 Å². The molecular formula is C11H22N2O3. The van der Waals surface area contributed by atoms with Gasteiger partial charge >= 0.3 is 0 Å². The van der Waals surface area contributed by atoms with Crippen LogP contribution in [0.15, 0.2) is 0 Å². The molecule has 0 bridgehead atoms. The first-order chi connectivity index (χ1) is 7.59. The average Bonchev–Trinajstić information content (AvgIpc) is 2.71. The van der Waals surface area contributed by atoms with Gasteiger partial charge in [0.25, 0.3) is 0 Å². The number of ether oxygens (including phenoxy) is 1. The molecular weight excluding hydrogens is 208 g/mol. The minimum atomic E-state index is -0.875. The average molecular weight is 230 g/mol. The van der Waals surface area contributed by atoms with Gasteiger partial charge < -0.3 is 20.9 Å². The largest absolute Gasteiger partial charge is 0.386 e. The zero-order valence-corrected chi connectivity index (χ0v) is 9.87. The predicted octanol–water partition coefficient (Wildman–Crippen LogP) is -0.371. The van der Waals surface area contributed by atoms with Gasteiger partial charge in [-0.05, 0) is 12.5 Å². The van der Waals surface area contributed by atoms with Crippen LogP contribution in [0.5, 0.6) is 0 Å². The highest BCUT2D eigenvalue weighted by Gasteiger charge is 2.32. The summed E-state index contributed by atoms with van der Waals surface area (Å²) in [6.07, 6.45) is 1.92. The minimum Gasteiger partial charge on any atom is -0.386 e. The molecule has 1 fully saturated rings. The Hall–Kier alpha value is -0.650. The van der Waals surface area contributed by atoms with Crippen molar-refractivity contribution in [3.8, 4) is 0 Å². The van der Waals surface area contributed by atoms with Gasteiger partial charge in [-0.1, -0.05) is 13.3 Å². The number of hydrogen-bond acceptors (Lipinski definition) is 4. The Bertz CT molecular complexity index is 223. The Labute approximate surface area is 96.3 Å². The first-order valence-corrected chi connectivity index (χ1v) is 5.86. The van der Waals surface area contributed by atoms with Crippen molar-refractivity contribution in [2.45, 2.75) is 31.8 Å². The standard InChI is InChI=1S/C11H22N2O3/c1-2-9(6-12)5-10(14)13-7-11(15)3-4-16-8-11/h9,15H,2-8,12H2,1H3,(H,13,14). The van der Waals surface area contributed by atoms with Gasteiger partial charge in [0, 0.05) is 26.0 Å². The van der Waals surface area contributed by atoms with Crippen LogP contribution in [0.1, 0.15) is 26.2 Å². The molecule has 0 aromatic rings. The number of nitrogens with one attached hydrogen (secondary N) is 1. The smallest absolute Gasteiger partial charge is 0.220 e. The maximum absolute atomic E-state index is 11.6. The van der Waals surface area contributed by atoms with Gasteiger partial charge in [-0.2, -0.15) is 0 Å². The van der Waals surface area contributed by atoms with E-state index in [1.54, 1.807) is 0 Å². The minimum absolute atomic E-state index is 0.0439. The van der Waals surface area contributed by atoms with Crippen molar-refractivity contribution >= 4 is 5.91 Å². The number of carbonyl (C=O) groups is 1. The second-order valence-electron chi connectivity index (χ2n) is 4.52. The first kappa shape index (κ1) is 13.4. The van der Waals surface area contributed by atoms with Gasteiger partial charge in [-0.25, -0.2) is 0 Å². The molecule has 2 unspecified atom stereocenters. The van der Waals surface area contributed by atoms with E-state index < -0.39 is 5.60 Å². The van der Waals surface area contributed by atoms with E-state index >= 15 is 0 Å². The molecule has 1 rings (SSSR count). The Kier molecular flexibility index (Phi) is 5.18. The van der Waals surface area contributed by atoms with Crippen molar-refractivity contribution in [3.63, 3.8) is 0 Å². The van der Waals surface area contributed by atoms with Crippen molar-refractivity contribution in [2.75, 3.05) is 26.3 Å². The van der Waals surface area contributed by atoms with Crippen molar-refractivity contribution in [1.82, 2.24) is 5.32 Å². The fraction of sp³-hybridized carbons (Fsp3) is 0.909. The lowest BCUT2D eigenvalue weighted by molar-refractivity contribution is -0.123. The molecule has 5 heteroatoms. The number of rotatable bonds is 6. The van der Waals surface area contributed by atoms with E-state index in [0.29, 0.717) is 32.6 Å². The van der Waals surface area contributed by atoms with E-state index in [1.165, 1.54) is 0 Å². The number of hydrogen-bond donors (Lipinski definition) is 3. The van der Waals surface area contributed by atoms with Gasteiger partial charge in [0.2, 0.25) is 5.91 Å². The first-order valence-electron chi connectivity index (χ1n) is 5.86. The molecule has 0 aromatic heterocycles. The predicted molar refractivity (Wildman–Crippen MR) is 60.8 cm³/mol. The van der Waals surface area contributed by atoms with Crippen LogP contribution < -0.4 is 11.1 Å². The summed E-state index contributed by atoms with van der Waals surface area (Å²) in [5, 5.41) is 12.7. The van der Waals surface area contributed by atoms with Gasteiger partial charge in [0.05, 0.1) is 6.61 Å². The summed E-state index contributed by atoms with van der Waals surface area (Å²) in [5.74, 6) is 0.187. The van der Waals surface area contributed by atoms with Crippen molar-refractivity contribution < 1.29 is 14.6 Å². The maximum Gasteiger partial charge on any atom is 0.220 e. The second kappa shape index (κ2) is 6.18. The van der Waals surface area contributed by atoms with Crippen LogP contribution in [-0.4, -0.2) is 42.9 Å². The third-order valence-electron chi connectivity index (χ3n) is 3.08. The SMILES string of the molecule is CCC(CN)CC(=O)NCC1(O)CCOC1. The van der Waals surface area contributed by atoms with Crippen LogP contribution in [0.3, 0.4) is 0 Å². The molecule has 0 aromatic carbocycles. The van der Waals surface area contributed by atoms with Crippen LogP contribution >= 0.6 is 0 Å². The lowest BCUT2D eigenvalue weighted by atomic mass is 10.0. The van der Waals surface area contributed by atoms with Crippen LogP contribution in [0.2, 0.25) is 0 Å². The summed E-state index contributed by atoms with van der Waals surface area (Å²) < 4.78 is 5.09. The molecule has 4 N–H and O–H groups in total. The lowest BCUT2D eigenvalue weighted by Crippen LogP contribution is -2.43. The number of nitrogens with two attached hydrogens (primary N) is 1. The number of carbonyl (C=O) groups excluding carboxylic acids is 1. The Morgan fingerprint density at radius 3 is 2.94 bits per heavy atom. The zero-order chi connectivity index (χ0) is 12.0.